The summed E-state index contributed by atoms with van der Waals surface area (Å²) in [6.45, 7) is 25.5. The van der Waals surface area contributed by atoms with E-state index in [1.54, 1.807) is 0 Å². The summed E-state index contributed by atoms with van der Waals surface area (Å²) in [5.74, 6) is 2.27. The molecular formula is C43H74. The maximum atomic E-state index is 4.65. The van der Waals surface area contributed by atoms with Gasteiger partial charge in [-0.2, -0.15) is 0 Å². The predicted octanol–water partition coefficient (Wildman–Crippen LogP) is 14.7. The van der Waals surface area contributed by atoms with Gasteiger partial charge >= 0.3 is 0 Å². The number of allylic oxidation sites excluding steroid dienone is 3. The molecule has 1 aromatic carbocycles. The number of hydrogen-bond donors (Lipinski definition) is 0. The molecule has 0 saturated heterocycles. The third-order valence-electron chi connectivity index (χ3n) is 9.86. The first-order valence-corrected chi connectivity index (χ1v) is 18.8. The van der Waals surface area contributed by atoms with Gasteiger partial charge in [-0.15, -0.1) is 0 Å². The fraction of sp³-hybridized carbons (Fsp3) is 0.721. The minimum Gasteiger partial charge on any atom is -0.0998 e. The van der Waals surface area contributed by atoms with Gasteiger partial charge in [-0.05, 0) is 67.8 Å². The van der Waals surface area contributed by atoms with Gasteiger partial charge in [0.15, 0.2) is 0 Å². The lowest BCUT2D eigenvalue weighted by atomic mass is 9.75. The van der Waals surface area contributed by atoms with E-state index < -0.39 is 0 Å². The predicted molar refractivity (Wildman–Crippen MR) is 197 cm³/mol. The van der Waals surface area contributed by atoms with Gasteiger partial charge in [-0.25, -0.2) is 0 Å². The van der Waals surface area contributed by atoms with Crippen molar-refractivity contribution in [3.63, 3.8) is 0 Å². The van der Waals surface area contributed by atoms with E-state index in [4.69, 9.17) is 0 Å². The monoisotopic (exact) mass is 591 g/mol. The molecule has 0 aliphatic rings. The molecule has 0 saturated carbocycles. The first-order valence-electron chi connectivity index (χ1n) is 18.8. The van der Waals surface area contributed by atoms with Crippen LogP contribution in [0.2, 0.25) is 0 Å². The molecule has 1 aromatic rings. The Morgan fingerprint density at radius 1 is 0.512 bits per heavy atom. The smallest absolute Gasteiger partial charge is 0.0145 e. The zero-order valence-electron chi connectivity index (χ0n) is 29.9. The van der Waals surface area contributed by atoms with E-state index in [2.05, 4.69) is 84.7 Å². The van der Waals surface area contributed by atoms with E-state index in [0.717, 1.165) is 25.7 Å². The van der Waals surface area contributed by atoms with Gasteiger partial charge in [0.2, 0.25) is 0 Å². The lowest BCUT2D eigenvalue weighted by Gasteiger charge is -2.30. The summed E-state index contributed by atoms with van der Waals surface area (Å²) in [6, 6.07) is 10.8. The van der Waals surface area contributed by atoms with Crippen molar-refractivity contribution in [1.82, 2.24) is 0 Å². The Morgan fingerprint density at radius 2 is 0.930 bits per heavy atom. The van der Waals surface area contributed by atoms with E-state index in [0.29, 0.717) is 23.7 Å². The van der Waals surface area contributed by atoms with Crippen molar-refractivity contribution in [2.75, 3.05) is 0 Å². The van der Waals surface area contributed by atoms with Crippen molar-refractivity contribution in [2.45, 2.75) is 176 Å². The number of unbranched alkanes of at least 4 members (excludes halogenated alkanes) is 16. The maximum absolute atomic E-state index is 4.65. The van der Waals surface area contributed by atoms with E-state index in [1.165, 1.54) is 138 Å². The third-order valence-corrected chi connectivity index (χ3v) is 9.86. The van der Waals surface area contributed by atoms with Gasteiger partial charge in [0.05, 0.1) is 0 Å². The normalized spacial score (nSPS) is 13.0. The van der Waals surface area contributed by atoms with Gasteiger partial charge in [0.25, 0.3) is 0 Å². The fourth-order valence-corrected chi connectivity index (χ4v) is 6.78. The molecule has 0 spiro atoms. The minimum absolute atomic E-state index is 0.512. The topological polar surface area (TPSA) is 0 Å². The molecule has 0 heterocycles. The average Bonchev–Trinajstić information content (AvgIpc) is 2.99. The van der Waals surface area contributed by atoms with Crippen LogP contribution in [-0.4, -0.2) is 0 Å². The van der Waals surface area contributed by atoms with E-state index in [-0.39, 0.29) is 0 Å². The highest BCUT2D eigenvalue weighted by molar-refractivity contribution is 5.18. The molecule has 1 rings (SSSR count). The van der Waals surface area contributed by atoms with Gasteiger partial charge < -0.3 is 0 Å². The lowest BCUT2D eigenvalue weighted by Crippen LogP contribution is -2.19. The van der Waals surface area contributed by atoms with Crippen molar-refractivity contribution < 1.29 is 0 Å². The van der Waals surface area contributed by atoms with Crippen LogP contribution in [0.4, 0.5) is 0 Å². The van der Waals surface area contributed by atoms with Crippen LogP contribution in [-0.2, 0) is 6.42 Å². The number of benzene rings is 1. The lowest BCUT2D eigenvalue weighted by molar-refractivity contribution is 0.371. The largest absolute Gasteiger partial charge is 0.0998 e. The van der Waals surface area contributed by atoms with Crippen LogP contribution < -0.4 is 0 Å². The molecule has 0 nitrogen and oxygen atoms in total. The number of hydrogen-bond acceptors (Lipinski definition) is 0. The molecule has 0 amide bonds. The zero-order valence-corrected chi connectivity index (χ0v) is 29.9. The summed E-state index contributed by atoms with van der Waals surface area (Å²) < 4.78 is 0. The zero-order chi connectivity index (χ0) is 31.7. The molecule has 0 radical (unpaired) electrons. The Hall–Kier alpha value is -1.56. The van der Waals surface area contributed by atoms with Crippen LogP contribution in [0.25, 0.3) is 0 Å². The van der Waals surface area contributed by atoms with E-state index in [9.17, 15) is 0 Å². The highest BCUT2D eigenvalue weighted by Crippen LogP contribution is 2.36. The Labute approximate surface area is 271 Å². The Bertz CT molecular complexity index is 825. The van der Waals surface area contributed by atoms with Crippen LogP contribution in [0.15, 0.2) is 66.8 Å². The van der Waals surface area contributed by atoms with Crippen molar-refractivity contribution >= 4 is 0 Å². The standard InChI is InChI=1S/C43H74/c1-9-10-11-12-13-14-15-16-17-18-19-20-21-22-23-24-26-29-39(7)43(37(4)5)35-40(8)42(36(2)3)34-38(6)32-33-41-30-27-25-28-31-41/h25,27-28,30-31,36-37,42-43H,6-24,26,29,32-35H2,1-5H3/t42-,43-/m0/s1. The molecule has 0 unspecified atom stereocenters. The van der Waals surface area contributed by atoms with Crippen LogP contribution in [0, 0.1) is 23.7 Å². The van der Waals surface area contributed by atoms with Crippen LogP contribution in [0.3, 0.4) is 0 Å². The number of aryl methyl sites for hydroxylation is 1. The third kappa shape index (κ3) is 20.2. The first-order chi connectivity index (χ1) is 20.8. The molecule has 0 bridgehead atoms. The van der Waals surface area contributed by atoms with Crippen LogP contribution >= 0.6 is 0 Å². The second-order valence-electron chi connectivity index (χ2n) is 14.6. The van der Waals surface area contributed by atoms with Crippen molar-refractivity contribution in [3.05, 3.63) is 72.4 Å². The molecule has 43 heavy (non-hydrogen) atoms. The van der Waals surface area contributed by atoms with E-state index >= 15 is 0 Å². The van der Waals surface area contributed by atoms with Crippen molar-refractivity contribution in [1.29, 1.82) is 0 Å². The highest BCUT2D eigenvalue weighted by Gasteiger charge is 2.24. The molecule has 0 N–H and O–H groups in total. The van der Waals surface area contributed by atoms with E-state index in [1.807, 2.05) is 0 Å². The summed E-state index contributed by atoms with van der Waals surface area (Å²) in [4.78, 5) is 0. The highest BCUT2D eigenvalue weighted by atomic mass is 14.3. The molecule has 0 aliphatic heterocycles. The summed E-state index contributed by atoms with van der Waals surface area (Å²) >= 11 is 0. The molecular weight excluding hydrogens is 516 g/mol. The van der Waals surface area contributed by atoms with Gasteiger partial charge in [0.1, 0.15) is 0 Å². The molecule has 0 heteroatoms. The quantitative estimate of drug-likeness (QED) is 0.0643. The second-order valence-corrected chi connectivity index (χ2v) is 14.6. The molecule has 2 atom stereocenters. The Kier molecular flexibility index (Phi) is 23.6. The first kappa shape index (κ1) is 39.5. The van der Waals surface area contributed by atoms with Crippen molar-refractivity contribution in [2.24, 2.45) is 23.7 Å². The van der Waals surface area contributed by atoms with Gasteiger partial charge in [-0.3, -0.25) is 0 Å². The second kappa shape index (κ2) is 25.7. The Balaban J connectivity index is 2.21. The summed E-state index contributed by atoms with van der Waals surface area (Å²) in [5.41, 5.74) is 5.65. The maximum Gasteiger partial charge on any atom is -0.0145 e. The van der Waals surface area contributed by atoms with Crippen molar-refractivity contribution in [3.8, 4) is 0 Å². The number of rotatable bonds is 29. The minimum atomic E-state index is 0.512. The van der Waals surface area contributed by atoms with Crippen LogP contribution in [0.1, 0.15) is 175 Å². The molecule has 0 fully saturated rings. The summed E-state index contributed by atoms with van der Waals surface area (Å²) in [7, 11) is 0. The van der Waals surface area contributed by atoms with Gasteiger partial charge in [-0.1, -0.05) is 204 Å². The SMILES string of the molecule is C=C(CCc1ccccc1)C[C@H](C(=C)C[C@H](C(=C)CCCCCCCCCCCCCCCCCCC)C(C)C)C(C)C. The van der Waals surface area contributed by atoms with Crippen LogP contribution in [0.5, 0.6) is 0 Å². The molecule has 0 aromatic heterocycles. The summed E-state index contributed by atoms with van der Waals surface area (Å²) in [5, 5.41) is 0. The molecule has 0 aliphatic carbocycles. The Morgan fingerprint density at radius 3 is 1.37 bits per heavy atom. The summed E-state index contributed by atoms with van der Waals surface area (Å²) in [6.07, 6.45) is 29.8. The fourth-order valence-electron chi connectivity index (χ4n) is 6.78. The molecule has 246 valence electrons. The van der Waals surface area contributed by atoms with Gasteiger partial charge in [0, 0.05) is 0 Å². The average molecular weight is 591 g/mol.